The number of non-ortho nitro benzene ring substituents is 1. The van der Waals surface area contributed by atoms with E-state index >= 15 is 0 Å². The monoisotopic (exact) mass is 576 g/mol. The molecule has 1 atom stereocenters. The van der Waals surface area contributed by atoms with Crippen molar-refractivity contribution in [2.45, 2.75) is 19.8 Å². The van der Waals surface area contributed by atoms with E-state index < -0.39 is 17.0 Å². The van der Waals surface area contributed by atoms with Crippen LogP contribution in [0.1, 0.15) is 31.2 Å². The van der Waals surface area contributed by atoms with Crippen molar-refractivity contribution in [2.75, 3.05) is 51.3 Å². The van der Waals surface area contributed by atoms with Gasteiger partial charge in [0.15, 0.2) is 0 Å². The van der Waals surface area contributed by atoms with E-state index in [-0.39, 0.29) is 23.9 Å². The van der Waals surface area contributed by atoms with Crippen LogP contribution in [0.4, 0.5) is 16.2 Å². The van der Waals surface area contributed by atoms with Crippen LogP contribution < -0.4 is 15.0 Å². The molecule has 0 saturated carbocycles. The normalized spacial score (nSPS) is 17.6. The van der Waals surface area contributed by atoms with Crippen molar-refractivity contribution in [3.63, 3.8) is 0 Å². The molecule has 42 heavy (non-hydrogen) atoms. The Morgan fingerprint density at radius 2 is 1.90 bits per heavy atom. The van der Waals surface area contributed by atoms with Crippen LogP contribution in [-0.2, 0) is 9.47 Å². The molecule has 1 fully saturated rings. The number of piperazine rings is 1. The van der Waals surface area contributed by atoms with Crippen LogP contribution in [0.25, 0.3) is 5.57 Å². The van der Waals surface area contributed by atoms with Gasteiger partial charge in [0.05, 0.1) is 34.9 Å². The molecule has 1 N–H and O–H groups in total. The predicted molar refractivity (Wildman–Crippen MR) is 153 cm³/mol. The van der Waals surface area contributed by atoms with Crippen LogP contribution in [0, 0.1) is 10.1 Å². The van der Waals surface area contributed by atoms with Crippen LogP contribution in [0.5, 0.6) is 5.75 Å². The molecule has 3 heterocycles. The Morgan fingerprint density at radius 1 is 1.12 bits per heavy atom. The molecule has 13 heteroatoms. The van der Waals surface area contributed by atoms with Crippen molar-refractivity contribution < 1.29 is 28.3 Å². The summed E-state index contributed by atoms with van der Waals surface area (Å²) in [7, 11) is 1.67. The summed E-state index contributed by atoms with van der Waals surface area (Å²) >= 11 is 0. The average Bonchev–Trinajstić information content (AvgIpc) is 3.53. The molecule has 0 radical (unpaired) electrons. The number of carbonyl (C=O) groups is 1. The van der Waals surface area contributed by atoms with Gasteiger partial charge in [0.25, 0.3) is 5.69 Å². The SMILES string of the molecule is COc1ccccc1N1CCN(CCOC(=O)OC2=C(C)NC(C)=C(c3nnco3)C2c2cccc([N+](=O)[O-])c2)CC1. The van der Waals surface area contributed by atoms with Crippen molar-refractivity contribution in [2.24, 2.45) is 0 Å². The minimum atomic E-state index is -0.876. The van der Waals surface area contributed by atoms with Crippen LogP contribution in [0.3, 0.4) is 0 Å². The van der Waals surface area contributed by atoms with Gasteiger partial charge in [0.1, 0.15) is 18.1 Å². The number of aromatic nitrogens is 2. The summed E-state index contributed by atoms with van der Waals surface area (Å²) in [5, 5.41) is 22.5. The second-order valence-corrected chi connectivity index (χ2v) is 9.88. The smallest absolute Gasteiger partial charge is 0.495 e. The van der Waals surface area contributed by atoms with Crippen molar-refractivity contribution in [1.29, 1.82) is 0 Å². The van der Waals surface area contributed by atoms with Gasteiger partial charge in [-0.15, -0.1) is 10.2 Å². The number of benzene rings is 2. The first-order valence-electron chi connectivity index (χ1n) is 13.5. The van der Waals surface area contributed by atoms with Gasteiger partial charge in [0, 0.05) is 50.6 Å². The van der Waals surface area contributed by atoms with E-state index in [0.717, 1.165) is 37.6 Å². The number of rotatable bonds is 9. The van der Waals surface area contributed by atoms with E-state index in [1.54, 1.807) is 26.2 Å². The standard InChI is InChI=1S/C29H32N6O7/c1-19-25(28-32-30-18-41-28)26(21-7-6-8-22(17-21)35(37)38)27(20(2)31-19)42-29(36)40-16-15-33-11-13-34(14-12-33)23-9-4-5-10-24(23)39-3/h4-10,17-18,26,31H,11-16H2,1-3H3. The molecule has 0 bridgehead atoms. The molecule has 5 rings (SSSR count). The highest BCUT2D eigenvalue weighted by atomic mass is 16.7. The second kappa shape index (κ2) is 12.7. The van der Waals surface area contributed by atoms with E-state index in [2.05, 4.69) is 25.3 Å². The van der Waals surface area contributed by atoms with Gasteiger partial charge in [-0.25, -0.2) is 4.79 Å². The Kier molecular flexibility index (Phi) is 8.67. The van der Waals surface area contributed by atoms with Crippen molar-refractivity contribution in [1.82, 2.24) is 20.4 Å². The number of anilines is 1. The van der Waals surface area contributed by atoms with Gasteiger partial charge in [-0.3, -0.25) is 15.0 Å². The fraction of sp³-hybridized carbons (Fsp3) is 0.345. The largest absolute Gasteiger partial charge is 0.513 e. The number of hydrogen-bond acceptors (Lipinski definition) is 12. The summed E-state index contributed by atoms with van der Waals surface area (Å²) in [5.74, 6) is 0.534. The number of nitro groups is 1. The number of nitrogens with zero attached hydrogens (tertiary/aromatic N) is 5. The highest BCUT2D eigenvalue weighted by Gasteiger charge is 2.36. The highest BCUT2D eigenvalue weighted by molar-refractivity contribution is 5.75. The Labute approximate surface area is 242 Å². The molecule has 220 valence electrons. The van der Waals surface area contributed by atoms with E-state index in [9.17, 15) is 14.9 Å². The van der Waals surface area contributed by atoms with E-state index in [0.29, 0.717) is 29.1 Å². The van der Waals surface area contributed by atoms with E-state index in [1.165, 1.54) is 18.5 Å². The third-order valence-electron chi connectivity index (χ3n) is 7.32. The zero-order valence-electron chi connectivity index (χ0n) is 23.6. The summed E-state index contributed by atoms with van der Waals surface area (Å²) in [6.07, 6.45) is 0.314. The zero-order valence-corrected chi connectivity index (χ0v) is 23.6. The fourth-order valence-electron chi connectivity index (χ4n) is 5.30. The van der Waals surface area contributed by atoms with Crippen LogP contribution >= 0.6 is 0 Å². The molecule has 2 aliphatic rings. The molecule has 0 aliphatic carbocycles. The summed E-state index contributed by atoms with van der Waals surface area (Å²) in [5.41, 5.74) is 3.26. The summed E-state index contributed by atoms with van der Waals surface area (Å²) in [6, 6.07) is 14.1. The summed E-state index contributed by atoms with van der Waals surface area (Å²) in [4.78, 5) is 28.4. The lowest BCUT2D eigenvalue weighted by molar-refractivity contribution is -0.384. The second-order valence-electron chi connectivity index (χ2n) is 9.88. The molecule has 1 saturated heterocycles. The number of allylic oxidation sites excluding steroid dienone is 3. The first-order chi connectivity index (χ1) is 20.4. The number of hydrogen-bond donors (Lipinski definition) is 1. The first-order valence-corrected chi connectivity index (χ1v) is 13.5. The maximum atomic E-state index is 12.9. The van der Waals surface area contributed by atoms with Gasteiger partial charge in [-0.1, -0.05) is 24.3 Å². The summed E-state index contributed by atoms with van der Waals surface area (Å²) < 4.78 is 22.2. The molecule has 13 nitrogen and oxygen atoms in total. The molecule has 3 aromatic rings. The number of dihydropyridines is 1. The molecule has 2 aromatic carbocycles. The molecule has 1 aromatic heterocycles. The third kappa shape index (κ3) is 6.20. The molecule has 1 unspecified atom stereocenters. The lowest BCUT2D eigenvalue weighted by Crippen LogP contribution is -2.47. The van der Waals surface area contributed by atoms with Gasteiger partial charge < -0.3 is 28.8 Å². The highest BCUT2D eigenvalue weighted by Crippen LogP contribution is 2.43. The zero-order chi connectivity index (χ0) is 29.6. The topological polar surface area (TPSA) is 145 Å². The Hall–Kier alpha value is -4.91. The van der Waals surface area contributed by atoms with E-state index in [1.807, 2.05) is 31.2 Å². The third-order valence-corrected chi connectivity index (χ3v) is 7.32. The van der Waals surface area contributed by atoms with Crippen molar-refractivity contribution in [3.05, 3.63) is 93.6 Å². The van der Waals surface area contributed by atoms with Crippen LogP contribution in [0.15, 0.2) is 76.5 Å². The number of nitro benzene ring substituents is 1. The van der Waals surface area contributed by atoms with Crippen molar-refractivity contribution in [3.8, 4) is 5.75 Å². The average molecular weight is 577 g/mol. The van der Waals surface area contributed by atoms with Gasteiger partial charge in [-0.2, -0.15) is 0 Å². The van der Waals surface area contributed by atoms with Gasteiger partial charge in [-0.05, 0) is 31.5 Å². The predicted octanol–water partition coefficient (Wildman–Crippen LogP) is 4.31. The lowest BCUT2D eigenvalue weighted by Gasteiger charge is -2.36. The van der Waals surface area contributed by atoms with Crippen molar-refractivity contribution >= 4 is 23.1 Å². The number of methoxy groups -OCH3 is 1. The number of ether oxygens (including phenoxy) is 3. The molecular formula is C29H32N6O7. The maximum absolute atomic E-state index is 12.9. The minimum absolute atomic E-state index is 0.0982. The van der Waals surface area contributed by atoms with Gasteiger partial charge >= 0.3 is 6.16 Å². The van der Waals surface area contributed by atoms with Crippen LogP contribution in [-0.4, -0.2) is 72.6 Å². The lowest BCUT2D eigenvalue weighted by atomic mass is 9.85. The minimum Gasteiger partial charge on any atom is -0.495 e. The van der Waals surface area contributed by atoms with Gasteiger partial charge in [0.2, 0.25) is 12.3 Å². The van der Waals surface area contributed by atoms with E-state index in [4.69, 9.17) is 18.6 Å². The molecule has 0 amide bonds. The van der Waals surface area contributed by atoms with Crippen LogP contribution in [0.2, 0.25) is 0 Å². The Bertz CT molecular complexity index is 1500. The fourth-order valence-corrected chi connectivity index (χ4v) is 5.30. The first kappa shape index (κ1) is 28.6. The Morgan fingerprint density at radius 3 is 2.62 bits per heavy atom. The number of carbonyl (C=O) groups excluding carboxylic acids is 1. The quantitative estimate of drug-likeness (QED) is 0.220. The molecule has 2 aliphatic heterocycles. The molecule has 0 spiro atoms. The maximum Gasteiger partial charge on any atom is 0.513 e. The summed E-state index contributed by atoms with van der Waals surface area (Å²) in [6.45, 7) is 7.49. The molecular weight excluding hydrogens is 544 g/mol. The number of nitrogens with one attached hydrogen (secondary N) is 1. The Balaban J connectivity index is 1.24. The number of para-hydroxylation sites is 2.